The molecular weight excluding hydrogens is 558 g/mol. The molecule has 0 radical (unpaired) electrons. The van der Waals surface area contributed by atoms with Crippen LogP contribution >= 0.6 is 22.9 Å². The summed E-state index contributed by atoms with van der Waals surface area (Å²) in [6, 6.07) is 23.4. The van der Waals surface area contributed by atoms with Crippen LogP contribution < -0.4 is 19.8 Å². The maximum Gasteiger partial charge on any atom is 0.338 e. The number of rotatable bonds is 5. The molecule has 1 aromatic heterocycles. The van der Waals surface area contributed by atoms with Crippen molar-refractivity contribution in [3.63, 3.8) is 0 Å². The smallest absolute Gasteiger partial charge is 0.338 e. The van der Waals surface area contributed by atoms with E-state index in [4.69, 9.17) is 16.3 Å². The zero-order chi connectivity index (χ0) is 28.8. The first-order valence-electron chi connectivity index (χ1n) is 13.2. The first-order chi connectivity index (χ1) is 19.7. The van der Waals surface area contributed by atoms with Crippen LogP contribution in [0.4, 0.5) is 5.69 Å². The van der Waals surface area contributed by atoms with Gasteiger partial charge in [-0.25, -0.2) is 9.79 Å². The number of ether oxygens (including phenoxy) is 1. The number of aromatic nitrogens is 1. The van der Waals surface area contributed by atoms with Gasteiger partial charge in [-0.2, -0.15) is 0 Å². The summed E-state index contributed by atoms with van der Waals surface area (Å²) in [7, 11) is 0. The largest absolute Gasteiger partial charge is 0.459 e. The van der Waals surface area contributed by atoms with Crippen molar-refractivity contribution in [1.29, 1.82) is 0 Å². The monoisotopic (exact) mass is 583 g/mol. The van der Waals surface area contributed by atoms with Gasteiger partial charge in [-0.1, -0.05) is 83.6 Å². The lowest BCUT2D eigenvalue weighted by Gasteiger charge is -2.25. The van der Waals surface area contributed by atoms with Crippen LogP contribution in [-0.4, -0.2) is 22.5 Å². The number of carbonyl (C=O) groups excluding carboxylic acids is 2. The Morgan fingerprint density at radius 2 is 1.68 bits per heavy atom. The van der Waals surface area contributed by atoms with Gasteiger partial charge in [-0.05, 0) is 50.1 Å². The van der Waals surface area contributed by atoms with Gasteiger partial charge < -0.3 is 9.64 Å². The third-order valence-corrected chi connectivity index (χ3v) is 8.38. The van der Waals surface area contributed by atoms with E-state index in [1.807, 2.05) is 54.6 Å². The van der Waals surface area contributed by atoms with Crippen molar-refractivity contribution < 1.29 is 14.3 Å². The molecule has 6 rings (SSSR count). The normalized spacial score (nSPS) is 17.4. The van der Waals surface area contributed by atoms with Crippen LogP contribution in [0.1, 0.15) is 43.5 Å². The van der Waals surface area contributed by atoms with Crippen LogP contribution in [0, 0.1) is 0 Å². The molecule has 0 bridgehead atoms. The van der Waals surface area contributed by atoms with E-state index in [9.17, 15) is 14.4 Å². The molecule has 41 heavy (non-hydrogen) atoms. The average Bonchev–Trinajstić information content (AvgIpc) is 3.41. The van der Waals surface area contributed by atoms with Crippen molar-refractivity contribution in [3.8, 4) is 0 Å². The summed E-state index contributed by atoms with van der Waals surface area (Å²) in [5.41, 5.74) is 3.76. The number of benzene rings is 3. The Morgan fingerprint density at radius 3 is 2.39 bits per heavy atom. The highest BCUT2D eigenvalue weighted by molar-refractivity contribution is 7.07. The lowest BCUT2D eigenvalue weighted by Crippen LogP contribution is -2.41. The van der Waals surface area contributed by atoms with E-state index in [0.717, 1.165) is 22.6 Å². The van der Waals surface area contributed by atoms with Gasteiger partial charge in [-0.15, -0.1) is 0 Å². The predicted molar refractivity (Wildman–Crippen MR) is 159 cm³/mol. The second-order valence-corrected chi connectivity index (χ2v) is 11.6. The third kappa shape index (κ3) is 4.73. The Labute approximate surface area is 245 Å². The molecule has 3 heterocycles. The molecule has 2 aliphatic heterocycles. The Kier molecular flexibility index (Phi) is 6.97. The molecule has 3 aromatic carbocycles. The zero-order valence-corrected chi connectivity index (χ0v) is 24.2. The molecule has 0 fully saturated rings. The number of anilines is 1. The fourth-order valence-electron chi connectivity index (χ4n) is 5.29. The fourth-order valence-corrected chi connectivity index (χ4v) is 6.56. The molecule has 9 heteroatoms. The summed E-state index contributed by atoms with van der Waals surface area (Å²) < 4.78 is 7.35. The van der Waals surface area contributed by atoms with E-state index < -0.39 is 17.6 Å². The van der Waals surface area contributed by atoms with E-state index in [0.29, 0.717) is 38.8 Å². The molecule has 1 atom stereocenters. The van der Waals surface area contributed by atoms with Crippen LogP contribution in [0.25, 0.3) is 5.57 Å². The van der Waals surface area contributed by atoms with Crippen LogP contribution in [0.3, 0.4) is 0 Å². The van der Waals surface area contributed by atoms with E-state index in [2.05, 4.69) is 4.99 Å². The lowest BCUT2D eigenvalue weighted by atomic mass is 9.96. The minimum atomic E-state index is -0.795. The SMILES string of the molecule is CC1=C(C(=O)OC(C)C)[C@@H](c2ccc(Cl)cc2)n2c(s/c(=C3\C(=O)N(Cc4ccccc4)c4ccccc43)c2=O)=N1. The highest BCUT2D eigenvalue weighted by Gasteiger charge is 2.37. The number of thiazole rings is 1. The zero-order valence-electron chi connectivity index (χ0n) is 22.6. The molecule has 0 unspecified atom stereocenters. The number of para-hydroxylation sites is 1. The molecule has 206 valence electrons. The van der Waals surface area contributed by atoms with E-state index in [1.54, 1.807) is 49.9 Å². The number of allylic oxidation sites excluding steroid dienone is 1. The molecule has 0 aliphatic carbocycles. The second-order valence-electron chi connectivity index (χ2n) is 10.2. The van der Waals surface area contributed by atoms with Gasteiger partial charge in [0.15, 0.2) is 4.80 Å². The summed E-state index contributed by atoms with van der Waals surface area (Å²) in [5, 5.41) is 0.530. The minimum absolute atomic E-state index is 0.251. The van der Waals surface area contributed by atoms with Crippen LogP contribution in [0.15, 0.2) is 99.9 Å². The number of amides is 1. The van der Waals surface area contributed by atoms with Crippen LogP contribution in [0.5, 0.6) is 0 Å². The van der Waals surface area contributed by atoms with Crippen molar-refractivity contribution >= 4 is 46.1 Å². The van der Waals surface area contributed by atoms with Gasteiger partial charge in [-0.3, -0.25) is 14.2 Å². The molecular formula is C32H26ClN3O4S. The number of nitrogens with zero attached hydrogens (tertiary/aromatic N) is 3. The van der Waals surface area contributed by atoms with E-state index in [1.165, 1.54) is 4.57 Å². The highest BCUT2D eigenvalue weighted by Crippen LogP contribution is 2.37. The van der Waals surface area contributed by atoms with Gasteiger partial charge in [0.05, 0.1) is 41.2 Å². The van der Waals surface area contributed by atoms with Crippen molar-refractivity contribution in [3.05, 3.63) is 132 Å². The Hall–Kier alpha value is -4.27. The maximum atomic E-state index is 14.3. The summed E-state index contributed by atoms with van der Waals surface area (Å²) >= 11 is 7.32. The number of fused-ring (bicyclic) bond motifs is 2. The van der Waals surface area contributed by atoms with Crippen molar-refractivity contribution in [1.82, 2.24) is 4.57 Å². The summed E-state index contributed by atoms with van der Waals surface area (Å²) in [5.74, 6) is -0.797. The van der Waals surface area contributed by atoms with Gasteiger partial charge in [0.1, 0.15) is 4.53 Å². The van der Waals surface area contributed by atoms with Gasteiger partial charge in [0.2, 0.25) is 0 Å². The molecule has 0 saturated carbocycles. The molecule has 0 N–H and O–H groups in total. The lowest BCUT2D eigenvalue weighted by molar-refractivity contribution is -0.143. The van der Waals surface area contributed by atoms with Crippen LogP contribution in [0.2, 0.25) is 5.02 Å². The van der Waals surface area contributed by atoms with Crippen molar-refractivity contribution in [2.24, 2.45) is 4.99 Å². The maximum absolute atomic E-state index is 14.3. The molecule has 4 aromatic rings. The number of hydrogen-bond donors (Lipinski definition) is 0. The molecule has 0 saturated heterocycles. The standard InChI is InChI=1S/C32H26ClN3O4S/c1-18(2)40-31(39)25-19(3)34-32-36(27(25)21-13-15-22(33)16-14-21)30(38)28(41-32)26-23-11-7-8-12-24(23)35(29(26)37)17-20-9-5-4-6-10-20/h4-16,18,27H,17H2,1-3H3/b28-26-/t27-/m1/s1. The van der Waals surface area contributed by atoms with Gasteiger partial charge in [0, 0.05) is 10.6 Å². The second kappa shape index (κ2) is 10.6. The quantitative estimate of drug-likeness (QED) is 0.317. The molecule has 7 nitrogen and oxygen atoms in total. The molecule has 1 amide bonds. The van der Waals surface area contributed by atoms with Gasteiger partial charge in [0.25, 0.3) is 11.5 Å². The van der Waals surface area contributed by atoms with Gasteiger partial charge >= 0.3 is 5.97 Å². The van der Waals surface area contributed by atoms with Crippen molar-refractivity contribution in [2.45, 2.75) is 39.5 Å². The van der Waals surface area contributed by atoms with Crippen LogP contribution in [-0.2, 0) is 20.9 Å². The highest BCUT2D eigenvalue weighted by atomic mass is 35.5. The molecule has 2 aliphatic rings. The van der Waals surface area contributed by atoms with E-state index in [-0.39, 0.29) is 22.1 Å². The summed E-state index contributed by atoms with van der Waals surface area (Å²) in [4.78, 5) is 48.4. The number of halogens is 1. The number of carbonyl (C=O) groups is 2. The first kappa shape index (κ1) is 26.9. The summed E-state index contributed by atoms with van der Waals surface area (Å²) in [6.45, 7) is 5.65. The first-order valence-corrected chi connectivity index (χ1v) is 14.4. The van der Waals surface area contributed by atoms with E-state index >= 15 is 0 Å². The Balaban J connectivity index is 1.57. The minimum Gasteiger partial charge on any atom is -0.459 e. The number of hydrogen-bond acceptors (Lipinski definition) is 6. The number of esters is 1. The topological polar surface area (TPSA) is 81.0 Å². The molecule has 0 spiro atoms. The summed E-state index contributed by atoms with van der Waals surface area (Å²) in [6.07, 6.45) is -0.358. The van der Waals surface area contributed by atoms with Crippen molar-refractivity contribution in [2.75, 3.05) is 4.90 Å². The average molecular weight is 584 g/mol. The Morgan fingerprint density at radius 1 is 1.00 bits per heavy atom. The third-order valence-electron chi connectivity index (χ3n) is 7.08. The Bertz CT molecular complexity index is 1910. The predicted octanol–water partition coefficient (Wildman–Crippen LogP) is 4.76. The fraction of sp³-hybridized carbons (Fsp3) is 0.188.